The fourth-order valence-electron chi connectivity index (χ4n) is 2.28. The zero-order valence-electron chi connectivity index (χ0n) is 10.7. The summed E-state index contributed by atoms with van der Waals surface area (Å²) in [4.78, 5) is 10.8. The maximum atomic E-state index is 6.92. The molecule has 2 heterocycles. The van der Waals surface area contributed by atoms with Crippen molar-refractivity contribution in [1.82, 2.24) is 9.97 Å². The lowest BCUT2D eigenvalue weighted by Gasteiger charge is -2.03. The predicted octanol–water partition coefficient (Wildman–Crippen LogP) is 4.23. The van der Waals surface area contributed by atoms with Gasteiger partial charge >= 0.3 is 0 Å². The molecular weight excluding hydrogens is 270 g/mol. The van der Waals surface area contributed by atoms with Crippen LogP contribution in [0.1, 0.15) is 16.7 Å². The van der Waals surface area contributed by atoms with Gasteiger partial charge in [-0.3, -0.25) is 0 Å². The summed E-state index contributed by atoms with van der Waals surface area (Å²) in [6.45, 7) is 7.35. The maximum Gasteiger partial charge on any atom is 0.239 e. The van der Waals surface area contributed by atoms with Crippen LogP contribution in [0.5, 0.6) is 0 Å². The molecule has 0 aliphatic carbocycles. The minimum absolute atomic E-state index is 0.425. The van der Waals surface area contributed by atoms with Crippen LogP contribution in [0.15, 0.2) is 42.7 Å². The molecule has 0 saturated carbocycles. The van der Waals surface area contributed by atoms with E-state index >= 15 is 0 Å². The summed E-state index contributed by atoms with van der Waals surface area (Å²) >= 11 is 6.11. The molecule has 2 aromatic heterocycles. The first-order chi connectivity index (χ1) is 9.76. The Kier molecular flexibility index (Phi) is 3.41. The molecule has 0 bridgehead atoms. The second-order valence-electron chi connectivity index (χ2n) is 4.69. The number of pyridine rings is 1. The van der Waals surface area contributed by atoms with E-state index < -0.39 is 0 Å². The molecule has 20 heavy (non-hydrogen) atoms. The van der Waals surface area contributed by atoms with Crippen LogP contribution in [0, 0.1) is 6.57 Å². The number of H-pyrrole nitrogens is 1. The predicted molar refractivity (Wildman–Crippen MR) is 80.7 cm³/mol. The van der Waals surface area contributed by atoms with E-state index in [9.17, 15) is 0 Å². The molecule has 0 aliphatic rings. The van der Waals surface area contributed by atoms with Crippen molar-refractivity contribution in [2.75, 3.05) is 0 Å². The molecule has 3 nitrogen and oxygen atoms in total. The van der Waals surface area contributed by atoms with E-state index in [0.717, 1.165) is 28.6 Å². The van der Waals surface area contributed by atoms with Gasteiger partial charge in [0.15, 0.2) is 0 Å². The van der Waals surface area contributed by atoms with Crippen LogP contribution in [-0.4, -0.2) is 9.97 Å². The number of hydrogen-bond donors (Lipinski definition) is 1. The Labute approximate surface area is 122 Å². The van der Waals surface area contributed by atoms with E-state index in [1.165, 1.54) is 5.56 Å². The average Bonchev–Trinajstić information content (AvgIpc) is 2.81. The fraction of sp³-hybridized carbons (Fsp3) is 0.125. The first kappa shape index (κ1) is 12.7. The highest BCUT2D eigenvalue weighted by Gasteiger charge is 2.05. The largest absolute Gasteiger partial charge is 0.345 e. The van der Waals surface area contributed by atoms with Crippen LogP contribution in [0.25, 0.3) is 15.9 Å². The van der Waals surface area contributed by atoms with E-state index in [0.29, 0.717) is 11.6 Å². The topological polar surface area (TPSA) is 33.0 Å². The molecule has 3 rings (SSSR count). The summed E-state index contributed by atoms with van der Waals surface area (Å²) in [6.07, 6.45) is 4.40. The van der Waals surface area contributed by atoms with E-state index in [1.807, 2.05) is 18.3 Å². The smallest absolute Gasteiger partial charge is 0.239 e. The Balaban J connectivity index is 1.90. The molecule has 0 radical (unpaired) electrons. The van der Waals surface area contributed by atoms with Crippen molar-refractivity contribution in [3.05, 3.63) is 75.9 Å². The van der Waals surface area contributed by atoms with Crippen molar-refractivity contribution in [3.63, 3.8) is 0 Å². The normalized spacial score (nSPS) is 10.6. The number of aromatic amines is 1. The minimum Gasteiger partial charge on any atom is -0.345 e. The summed E-state index contributed by atoms with van der Waals surface area (Å²) in [5, 5.41) is 1.64. The van der Waals surface area contributed by atoms with Gasteiger partial charge in [-0.15, -0.1) is 0 Å². The number of aromatic nitrogens is 2. The molecule has 1 aromatic carbocycles. The first-order valence-corrected chi connectivity index (χ1v) is 6.66. The molecule has 0 atom stereocenters. The number of nitrogens with one attached hydrogen (secondary N) is 1. The SMILES string of the molecule is [C-]#[N+]Cc1cccc(Cc2cnc3[nH]cc(Cl)c3c2)c1. The molecule has 0 unspecified atom stereocenters. The zero-order chi connectivity index (χ0) is 13.9. The molecule has 0 fully saturated rings. The quantitative estimate of drug-likeness (QED) is 0.716. The Morgan fingerprint density at radius 3 is 2.90 bits per heavy atom. The number of hydrogen-bond acceptors (Lipinski definition) is 1. The highest BCUT2D eigenvalue weighted by atomic mass is 35.5. The van der Waals surface area contributed by atoms with Crippen LogP contribution < -0.4 is 0 Å². The summed E-state index contributed by atoms with van der Waals surface area (Å²) in [5.41, 5.74) is 4.14. The molecule has 0 aliphatic heterocycles. The summed E-state index contributed by atoms with van der Waals surface area (Å²) in [7, 11) is 0. The zero-order valence-corrected chi connectivity index (χ0v) is 11.5. The van der Waals surface area contributed by atoms with Crippen molar-refractivity contribution in [2.45, 2.75) is 13.0 Å². The van der Waals surface area contributed by atoms with Crippen LogP contribution in [0.3, 0.4) is 0 Å². The molecule has 4 heteroatoms. The Hall–Kier alpha value is -2.31. The average molecular weight is 282 g/mol. The Morgan fingerprint density at radius 2 is 2.05 bits per heavy atom. The van der Waals surface area contributed by atoms with Gasteiger partial charge in [0.25, 0.3) is 0 Å². The van der Waals surface area contributed by atoms with E-state index in [4.69, 9.17) is 18.2 Å². The Morgan fingerprint density at radius 1 is 1.20 bits per heavy atom. The van der Waals surface area contributed by atoms with Crippen molar-refractivity contribution in [2.24, 2.45) is 0 Å². The lowest BCUT2D eigenvalue weighted by Crippen LogP contribution is -1.91. The van der Waals surface area contributed by atoms with Crippen molar-refractivity contribution >= 4 is 22.6 Å². The van der Waals surface area contributed by atoms with E-state index in [2.05, 4.69) is 33.0 Å². The van der Waals surface area contributed by atoms with Gasteiger partial charge in [-0.1, -0.05) is 29.8 Å². The molecule has 0 saturated heterocycles. The monoisotopic (exact) mass is 281 g/mol. The Bertz CT molecular complexity index is 799. The molecule has 0 amide bonds. The van der Waals surface area contributed by atoms with Crippen LogP contribution >= 0.6 is 11.6 Å². The summed E-state index contributed by atoms with van der Waals surface area (Å²) in [5.74, 6) is 0. The second kappa shape index (κ2) is 5.36. The molecule has 1 N–H and O–H groups in total. The molecule has 98 valence electrons. The molecular formula is C16H12ClN3. The van der Waals surface area contributed by atoms with Gasteiger partial charge < -0.3 is 9.83 Å². The second-order valence-corrected chi connectivity index (χ2v) is 5.10. The van der Waals surface area contributed by atoms with Gasteiger partial charge in [-0.25, -0.2) is 11.6 Å². The first-order valence-electron chi connectivity index (χ1n) is 6.29. The standard InChI is InChI=1S/C16H12ClN3/c1-18-8-12-4-2-3-11(5-12)6-13-7-14-15(17)10-20-16(14)19-9-13/h2-5,7,9-10H,6,8H2,(H,19,20). The van der Waals surface area contributed by atoms with E-state index in [1.54, 1.807) is 6.20 Å². The third-order valence-corrected chi connectivity index (χ3v) is 3.51. The third kappa shape index (κ3) is 2.52. The maximum absolute atomic E-state index is 6.92. The highest BCUT2D eigenvalue weighted by molar-refractivity contribution is 6.35. The summed E-state index contributed by atoms with van der Waals surface area (Å²) in [6, 6.07) is 10.2. The van der Waals surface area contributed by atoms with Gasteiger partial charge in [0.1, 0.15) is 5.65 Å². The van der Waals surface area contributed by atoms with Gasteiger partial charge in [0.2, 0.25) is 6.54 Å². The number of halogens is 1. The minimum atomic E-state index is 0.425. The van der Waals surface area contributed by atoms with Gasteiger partial charge in [-0.05, 0) is 29.7 Å². The number of benzene rings is 1. The van der Waals surface area contributed by atoms with Crippen molar-refractivity contribution in [3.8, 4) is 0 Å². The van der Waals surface area contributed by atoms with Crippen molar-refractivity contribution < 1.29 is 0 Å². The van der Waals surface area contributed by atoms with Crippen LogP contribution in [-0.2, 0) is 13.0 Å². The number of fused-ring (bicyclic) bond motifs is 1. The highest BCUT2D eigenvalue weighted by Crippen LogP contribution is 2.23. The van der Waals surface area contributed by atoms with Gasteiger partial charge in [-0.2, -0.15) is 0 Å². The van der Waals surface area contributed by atoms with Crippen LogP contribution in [0.2, 0.25) is 5.02 Å². The van der Waals surface area contributed by atoms with Crippen molar-refractivity contribution in [1.29, 1.82) is 0 Å². The van der Waals surface area contributed by atoms with Gasteiger partial charge in [0, 0.05) is 23.3 Å². The molecule has 3 aromatic rings. The third-order valence-electron chi connectivity index (χ3n) is 3.20. The number of nitrogens with zero attached hydrogens (tertiary/aromatic N) is 2. The summed E-state index contributed by atoms with van der Waals surface area (Å²) < 4.78 is 0. The molecule has 0 spiro atoms. The van der Waals surface area contributed by atoms with Crippen LogP contribution in [0.4, 0.5) is 0 Å². The van der Waals surface area contributed by atoms with E-state index in [-0.39, 0.29) is 0 Å². The fourth-order valence-corrected chi connectivity index (χ4v) is 2.47. The number of rotatable bonds is 3. The lowest BCUT2D eigenvalue weighted by molar-refractivity contribution is 1.14. The van der Waals surface area contributed by atoms with Gasteiger partial charge in [0.05, 0.1) is 5.02 Å². The lowest BCUT2D eigenvalue weighted by atomic mass is 10.0.